The van der Waals surface area contributed by atoms with Crippen LogP contribution in [0.25, 0.3) is 0 Å². The highest BCUT2D eigenvalue weighted by molar-refractivity contribution is 6.09. The number of hydrogen-bond acceptors (Lipinski definition) is 4. The van der Waals surface area contributed by atoms with Crippen LogP contribution >= 0.6 is 0 Å². The van der Waals surface area contributed by atoms with Gasteiger partial charge in [-0.2, -0.15) is 0 Å². The molecule has 3 amide bonds. The van der Waals surface area contributed by atoms with E-state index in [2.05, 4.69) is 10.1 Å². The predicted molar refractivity (Wildman–Crippen MR) is 65.1 cm³/mol. The first-order valence-corrected chi connectivity index (χ1v) is 6.09. The topological polar surface area (TPSA) is 75.7 Å². The first-order chi connectivity index (χ1) is 8.44. The fourth-order valence-corrected chi connectivity index (χ4v) is 1.97. The quantitative estimate of drug-likeness (QED) is 0.680. The lowest BCUT2D eigenvalue weighted by atomic mass is 9.95. The molecule has 0 spiro atoms. The number of unbranched alkanes of at least 4 members (excludes halogenated alkanes) is 1. The molecule has 1 aliphatic heterocycles. The van der Waals surface area contributed by atoms with E-state index in [1.807, 2.05) is 6.92 Å². The summed E-state index contributed by atoms with van der Waals surface area (Å²) in [6, 6.07) is -0.497. The van der Waals surface area contributed by atoms with Crippen LogP contribution in [0.4, 0.5) is 4.79 Å². The summed E-state index contributed by atoms with van der Waals surface area (Å²) in [5, 5.41) is 2.66. The molecular formula is C12H20N2O4. The number of urea groups is 1. The SMILES string of the molecule is CCCCC1(C)NC(=O)N(CC(=O)COC)C1=O. The first-order valence-electron chi connectivity index (χ1n) is 6.09. The van der Waals surface area contributed by atoms with Gasteiger partial charge in [0.1, 0.15) is 12.1 Å². The molecular weight excluding hydrogens is 236 g/mol. The number of carbonyl (C=O) groups excluding carboxylic acids is 3. The van der Waals surface area contributed by atoms with E-state index in [9.17, 15) is 14.4 Å². The van der Waals surface area contributed by atoms with E-state index < -0.39 is 11.6 Å². The van der Waals surface area contributed by atoms with Crippen molar-refractivity contribution in [3.8, 4) is 0 Å². The zero-order chi connectivity index (χ0) is 13.8. The van der Waals surface area contributed by atoms with Gasteiger partial charge in [0.2, 0.25) is 0 Å². The highest BCUT2D eigenvalue weighted by Gasteiger charge is 2.47. The Labute approximate surface area is 107 Å². The minimum Gasteiger partial charge on any atom is -0.377 e. The maximum atomic E-state index is 12.1. The lowest BCUT2D eigenvalue weighted by Crippen LogP contribution is -2.44. The van der Waals surface area contributed by atoms with E-state index in [-0.39, 0.29) is 24.8 Å². The number of amides is 3. The molecule has 0 aromatic carbocycles. The Kier molecular flexibility index (Phi) is 4.84. The van der Waals surface area contributed by atoms with Crippen LogP contribution in [0.2, 0.25) is 0 Å². The van der Waals surface area contributed by atoms with Gasteiger partial charge >= 0.3 is 6.03 Å². The van der Waals surface area contributed by atoms with Crippen molar-refractivity contribution in [3.05, 3.63) is 0 Å². The maximum absolute atomic E-state index is 12.1. The molecule has 1 heterocycles. The number of Topliss-reactive ketones (excluding diaryl/α,β-unsaturated/α-hetero) is 1. The van der Waals surface area contributed by atoms with Crippen LogP contribution in [0.3, 0.4) is 0 Å². The Bertz CT molecular complexity index is 356. The molecule has 1 N–H and O–H groups in total. The van der Waals surface area contributed by atoms with Gasteiger partial charge in [-0.1, -0.05) is 19.8 Å². The molecule has 0 aromatic rings. The number of nitrogens with one attached hydrogen (secondary N) is 1. The van der Waals surface area contributed by atoms with Crippen LogP contribution < -0.4 is 5.32 Å². The van der Waals surface area contributed by atoms with Crippen molar-refractivity contribution in [1.29, 1.82) is 0 Å². The molecule has 1 aliphatic rings. The molecule has 102 valence electrons. The fraction of sp³-hybridized carbons (Fsp3) is 0.750. The Morgan fingerprint density at radius 3 is 2.67 bits per heavy atom. The predicted octanol–water partition coefficient (Wildman–Crippen LogP) is 0.703. The van der Waals surface area contributed by atoms with Crippen LogP contribution in [0.1, 0.15) is 33.1 Å². The summed E-state index contributed by atoms with van der Waals surface area (Å²) in [5.41, 5.74) is -0.875. The number of nitrogens with zero attached hydrogens (tertiary/aromatic N) is 1. The van der Waals surface area contributed by atoms with Gasteiger partial charge < -0.3 is 10.1 Å². The summed E-state index contributed by atoms with van der Waals surface area (Å²) in [6.07, 6.45) is 2.38. The smallest absolute Gasteiger partial charge is 0.325 e. The molecule has 1 saturated heterocycles. The van der Waals surface area contributed by atoms with Gasteiger partial charge in [-0.3, -0.25) is 14.5 Å². The van der Waals surface area contributed by atoms with E-state index >= 15 is 0 Å². The molecule has 0 aliphatic carbocycles. The number of hydrogen-bond donors (Lipinski definition) is 1. The second-order valence-electron chi connectivity index (χ2n) is 4.73. The fourth-order valence-electron chi connectivity index (χ4n) is 1.97. The van der Waals surface area contributed by atoms with E-state index in [0.717, 1.165) is 17.7 Å². The zero-order valence-corrected chi connectivity index (χ0v) is 11.1. The van der Waals surface area contributed by atoms with Crippen LogP contribution in [0.15, 0.2) is 0 Å². The lowest BCUT2D eigenvalue weighted by molar-refractivity contribution is -0.135. The van der Waals surface area contributed by atoms with Crippen molar-refractivity contribution in [2.24, 2.45) is 0 Å². The third-order valence-electron chi connectivity index (χ3n) is 3.02. The molecule has 1 atom stereocenters. The summed E-state index contributed by atoms with van der Waals surface area (Å²) in [5.74, 6) is -0.619. The second kappa shape index (κ2) is 5.95. The zero-order valence-electron chi connectivity index (χ0n) is 11.1. The third-order valence-corrected chi connectivity index (χ3v) is 3.02. The highest BCUT2D eigenvalue weighted by Crippen LogP contribution is 2.23. The van der Waals surface area contributed by atoms with Crippen LogP contribution in [-0.4, -0.2) is 48.4 Å². The van der Waals surface area contributed by atoms with E-state index in [4.69, 9.17) is 0 Å². The van der Waals surface area contributed by atoms with Crippen molar-refractivity contribution in [3.63, 3.8) is 0 Å². The summed E-state index contributed by atoms with van der Waals surface area (Å²) < 4.78 is 4.68. The minimum atomic E-state index is -0.875. The van der Waals surface area contributed by atoms with Crippen LogP contribution in [0, 0.1) is 0 Å². The van der Waals surface area contributed by atoms with Gasteiger partial charge in [0.25, 0.3) is 5.91 Å². The van der Waals surface area contributed by atoms with Gasteiger partial charge in [-0.15, -0.1) is 0 Å². The molecule has 1 unspecified atom stereocenters. The van der Waals surface area contributed by atoms with Crippen LogP contribution in [0.5, 0.6) is 0 Å². The maximum Gasteiger partial charge on any atom is 0.325 e. The van der Waals surface area contributed by atoms with E-state index in [0.29, 0.717) is 6.42 Å². The molecule has 0 bridgehead atoms. The lowest BCUT2D eigenvalue weighted by Gasteiger charge is -2.21. The monoisotopic (exact) mass is 256 g/mol. The summed E-state index contributed by atoms with van der Waals surface area (Å²) >= 11 is 0. The van der Waals surface area contributed by atoms with Crippen molar-refractivity contribution in [2.75, 3.05) is 20.3 Å². The Hall–Kier alpha value is -1.43. The van der Waals surface area contributed by atoms with Crippen LogP contribution in [-0.2, 0) is 14.3 Å². The minimum absolute atomic E-state index is 0.0945. The third kappa shape index (κ3) is 3.07. The number of carbonyl (C=O) groups is 3. The Morgan fingerprint density at radius 2 is 2.11 bits per heavy atom. The molecule has 1 fully saturated rings. The number of methoxy groups -OCH3 is 1. The molecule has 0 radical (unpaired) electrons. The van der Waals surface area contributed by atoms with Gasteiger partial charge in [0.15, 0.2) is 5.78 Å². The molecule has 18 heavy (non-hydrogen) atoms. The molecule has 6 heteroatoms. The average molecular weight is 256 g/mol. The van der Waals surface area contributed by atoms with Gasteiger partial charge in [-0.05, 0) is 13.3 Å². The summed E-state index contributed by atoms with van der Waals surface area (Å²) in [6.45, 7) is 3.40. The van der Waals surface area contributed by atoms with Crippen molar-refractivity contribution < 1.29 is 19.1 Å². The average Bonchev–Trinajstić information content (AvgIpc) is 2.51. The number of rotatable bonds is 7. The van der Waals surface area contributed by atoms with Gasteiger partial charge in [0, 0.05) is 7.11 Å². The number of ether oxygens (including phenoxy) is 1. The normalized spacial score (nSPS) is 23.4. The van der Waals surface area contributed by atoms with Gasteiger partial charge in [-0.25, -0.2) is 4.79 Å². The molecule has 1 rings (SSSR count). The Morgan fingerprint density at radius 1 is 1.44 bits per heavy atom. The highest BCUT2D eigenvalue weighted by atomic mass is 16.5. The Balaban J connectivity index is 2.69. The summed E-state index contributed by atoms with van der Waals surface area (Å²) in [7, 11) is 1.40. The molecule has 0 saturated carbocycles. The summed E-state index contributed by atoms with van der Waals surface area (Å²) in [4.78, 5) is 36.2. The van der Waals surface area contributed by atoms with E-state index in [1.54, 1.807) is 6.92 Å². The van der Waals surface area contributed by atoms with Crippen molar-refractivity contribution in [2.45, 2.75) is 38.6 Å². The largest absolute Gasteiger partial charge is 0.377 e. The second-order valence-corrected chi connectivity index (χ2v) is 4.73. The number of ketones is 1. The molecule has 6 nitrogen and oxygen atoms in total. The first kappa shape index (κ1) is 14.6. The number of imide groups is 1. The van der Waals surface area contributed by atoms with E-state index in [1.165, 1.54) is 7.11 Å². The standard InChI is InChI=1S/C12H20N2O4/c1-4-5-6-12(2)10(16)14(11(17)13-12)7-9(15)8-18-3/h4-8H2,1-3H3,(H,13,17). The van der Waals surface area contributed by atoms with Gasteiger partial charge in [0.05, 0.1) is 6.54 Å². The molecule has 0 aromatic heterocycles. The van der Waals surface area contributed by atoms with Crippen molar-refractivity contribution >= 4 is 17.7 Å². The van der Waals surface area contributed by atoms with Crippen molar-refractivity contribution in [1.82, 2.24) is 10.2 Å².